The third kappa shape index (κ3) is 7.41. The molecule has 1 heterocycles. The van der Waals surface area contributed by atoms with E-state index in [-0.39, 0.29) is 23.8 Å². The molecule has 2 atom stereocenters. The summed E-state index contributed by atoms with van der Waals surface area (Å²) in [6.07, 6.45) is 10.5. The minimum Gasteiger partial charge on any atom is -0.356 e. The minimum atomic E-state index is -0.422. The molecule has 160 valence electrons. The van der Waals surface area contributed by atoms with Crippen molar-refractivity contribution in [1.82, 2.24) is 20.9 Å². The van der Waals surface area contributed by atoms with Crippen LogP contribution in [0.15, 0.2) is 0 Å². The monoisotopic (exact) mass is 394 g/mol. The number of nitrogens with zero attached hydrogens (tertiary/aromatic N) is 1. The number of hydrogen-bond acceptors (Lipinski definition) is 4. The van der Waals surface area contributed by atoms with Gasteiger partial charge in [0.15, 0.2) is 0 Å². The van der Waals surface area contributed by atoms with Gasteiger partial charge in [-0.1, -0.05) is 39.0 Å². The molecule has 4 amide bonds. The zero-order valence-electron chi connectivity index (χ0n) is 17.6. The summed E-state index contributed by atoms with van der Waals surface area (Å²) < 4.78 is 0. The number of imide groups is 1. The summed E-state index contributed by atoms with van der Waals surface area (Å²) in [5.41, 5.74) is 0. The van der Waals surface area contributed by atoms with Crippen LogP contribution in [0.1, 0.15) is 78.1 Å². The second-order valence-electron chi connectivity index (χ2n) is 8.31. The van der Waals surface area contributed by atoms with Crippen molar-refractivity contribution < 1.29 is 14.4 Å². The second-order valence-corrected chi connectivity index (χ2v) is 8.31. The zero-order chi connectivity index (χ0) is 20.4. The molecule has 28 heavy (non-hydrogen) atoms. The van der Waals surface area contributed by atoms with Crippen LogP contribution in [0.5, 0.6) is 0 Å². The van der Waals surface area contributed by atoms with Gasteiger partial charge in [-0.3, -0.25) is 19.8 Å². The summed E-state index contributed by atoms with van der Waals surface area (Å²) >= 11 is 0. The van der Waals surface area contributed by atoms with Crippen molar-refractivity contribution in [2.45, 2.75) is 90.1 Å². The van der Waals surface area contributed by atoms with Crippen LogP contribution >= 0.6 is 0 Å². The summed E-state index contributed by atoms with van der Waals surface area (Å²) in [5, 5.41) is 8.39. The molecule has 1 aliphatic carbocycles. The number of likely N-dealkylation sites (tertiary alicyclic amines) is 1. The lowest BCUT2D eigenvalue weighted by Crippen LogP contribution is -2.54. The fourth-order valence-corrected chi connectivity index (χ4v) is 4.15. The molecule has 0 aromatic carbocycles. The standard InChI is InChI=1S/C21H38N4O3/c1-3-4-5-8-13-22-20(27)17-10-9-14-25(15-17)16(2)19(26)24-21(28)23-18-11-6-7-12-18/h16-18H,3-15H2,1-2H3,(H,22,27)(H2,23,24,26,28). The van der Waals surface area contributed by atoms with E-state index in [1.807, 2.05) is 11.8 Å². The summed E-state index contributed by atoms with van der Waals surface area (Å²) in [4.78, 5) is 39.0. The normalized spacial score (nSPS) is 21.9. The van der Waals surface area contributed by atoms with Crippen molar-refractivity contribution in [3.05, 3.63) is 0 Å². The lowest BCUT2D eigenvalue weighted by molar-refractivity contribution is -0.130. The molecule has 3 N–H and O–H groups in total. The summed E-state index contributed by atoms with van der Waals surface area (Å²) in [7, 11) is 0. The van der Waals surface area contributed by atoms with Gasteiger partial charge in [-0.05, 0) is 45.6 Å². The van der Waals surface area contributed by atoms with Gasteiger partial charge in [0.1, 0.15) is 0 Å². The van der Waals surface area contributed by atoms with E-state index < -0.39 is 12.1 Å². The number of nitrogens with one attached hydrogen (secondary N) is 3. The molecule has 2 aliphatic rings. The largest absolute Gasteiger partial charge is 0.356 e. The van der Waals surface area contributed by atoms with E-state index in [1.54, 1.807) is 0 Å². The maximum atomic E-state index is 12.5. The maximum Gasteiger partial charge on any atom is 0.321 e. The number of hydrogen-bond donors (Lipinski definition) is 3. The molecule has 2 fully saturated rings. The molecule has 2 unspecified atom stereocenters. The summed E-state index contributed by atoms with van der Waals surface area (Å²) in [6, 6.07) is -0.639. The van der Waals surface area contributed by atoms with Crippen molar-refractivity contribution >= 4 is 17.8 Å². The fourth-order valence-electron chi connectivity index (χ4n) is 4.15. The Morgan fingerprint density at radius 1 is 1.04 bits per heavy atom. The quantitative estimate of drug-likeness (QED) is 0.524. The molecule has 0 bridgehead atoms. The van der Waals surface area contributed by atoms with Crippen molar-refractivity contribution in [1.29, 1.82) is 0 Å². The Kier molecular flexibility index (Phi) is 9.75. The van der Waals surface area contributed by atoms with E-state index in [2.05, 4.69) is 22.9 Å². The van der Waals surface area contributed by atoms with Crippen LogP contribution in [0.2, 0.25) is 0 Å². The Bertz CT molecular complexity index is 520. The van der Waals surface area contributed by atoms with E-state index in [1.165, 1.54) is 12.8 Å². The summed E-state index contributed by atoms with van der Waals surface area (Å²) in [6.45, 7) is 6.06. The van der Waals surface area contributed by atoms with Gasteiger partial charge in [0, 0.05) is 19.1 Å². The lowest BCUT2D eigenvalue weighted by atomic mass is 9.95. The average Bonchev–Trinajstić information content (AvgIpc) is 3.19. The number of piperidine rings is 1. The Labute approximate surface area is 169 Å². The van der Waals surface area contributed by atoms with Crippen LogP contribution in [0.3, 0.4) is 0 Å². The highest BCUT2D eigenvalue weighted by atomic mass is 16.2. The van der Waals surface area contributed by atoms with Crippen molar-refractivity contribution in [2.75, 3.05) is 19.6 Å². The SMILES string of the molecule is CCCCCCNC(=O)C1CCCN(C(C)C(=O)NC(=O)NC2CCCC2)C1. The molecule has 2 rings (SSSR count). The zero-order valence-corrected chi connectivity index (χ0v) is 17.6. The van der Waals surface area contributed by atoms with Crippen LogP contribution in [0.25, 0.3) is 0 Å². The molecule has 7 nitrogen and oxygen atoms in total. The van der Waals surface area contributed by atoms with Gasteiger partial charge in [0.25, 0.3) is 0 Å². The Hall–Kier alpha value is -1.63. The smallest absolute Gasteiger partial charge is 0.321 e. The number of carbonyl (C=O) groups excluding carboxylic acids is 3. The van der Waals surface area contributed by atoms with E-state index in [0.717, 1.165) is 64.5 Å². The van der Waals surface area contributed by atoms with Crippen molar-refractivity contribution in [3.8, 4) is 0 Å². The molecular weight excluding hydrogens is 356 g/mol. The van der Waals surface area contributed by atoms with Gasteiger partial charge >= 0.3 is 6.03 Å². The predicted molar refractivity (Wildman–Crippen MR) is 110 cm³/mol. The summed E-state index contributed by atoms with van der Waals surface area (Å²) in [5.74, 6) is -0.286. The molecule has 0 aromatic rings. The Balaban J connectivity index is 1.72. The van der Waals surface area contributed by atoms with E-state index >= 15 is 0 Å². The van der Waals surface area contributed by atoms with Crippen molar-refractivity contribution in [2.24, 2.45) is 5.92 Å². The van der Waals surface area contributed by atoms with E-state index in [0.29, 0.717) is 6.54 Å². The molecule has 0 aromatic heterocycles. The predicted octanol–water partition coefficient (Wildman–Crippen LogP) is 2.55. The van der Waals surface area contributed by atoms with Gasteiger partial charge in [0.2, 0.25) is 11.8 Å². The third-order valence-corrected chi connectivity index (χ3v) is 6.01. The second kappa shape index (κ2) is 12.0. The molecule has 7 heteroatoms. The number of rotatable bonds is 9. The van der Waals surface area contributed by atoms with Crippen LogP contribution < -0.4 is 16.0 Å². The first-order valence-electron chi connectivity index (χ1n) is 11.1. The highest BCUT2D eigenvalue weighted by Gasteiger charge is 2.31. The highest BCUT2D eigenvalue weighted by molar-refractivity contribution is 5.97. The molecule has 0 spiro atoms. The maximum absolute atomic E-state index is 12.5. The highest BCUT2D eigenvalue weighted by Crippen LogP contribution is 2.19. The van der Waals surface area contributed by atoms with Gasteiger partial charge < -0.3 is 10.6 Å². The number of urea groups is 1. The lowest BCUT2D eigenvalue weighted by Gasteiger charge is -2.35. The van der Waals surface area contributed by atoms with Crippen LogP contribution in [0, 0.1) is 5.92 Å². The topological polar surface area (TPSA) is 90.5 Å². The first-order chi connectivity index (χ1) is 13.5. The van der Waals surface area contributed by atoms with Gasteiger partial charge in [-0.15, -0.1) is 0 Å². The average molecular weight is 395 g/mol. The molecule has 1 saturated heterocycles. The molecular formula is C21H38N4O3. The minimum absolute atomic E-state index is 0.0810. The molecule has 0 radical (unpaired) electrons. The Morgan fingerprint density at radius 2 is 1.79 bits per heavy atom. The molecule has 1 aliphatic heterocycles. The van der Waals surface area contributed by atoms with Gasteiger partial charge in [0.05, 0.1) is 12.0 Å². The van der Waals surface area contributed by atoms with E-state index in [9.17, 15) is 14.4 Å². The molecule has 1 saturated carbocycles. The Morgan fingerprint density at radius 3 is 2.50 bits per heavy atom. The van der Waals surface area contributed by atoms with Crippen LogP contribution in [0.4, 0.5) is 4.79 Å². The van der Waals surface area contributed by atoms with Gasteiger partial charge in [-0.2, -0.15) is 0 Å². The van der Waals surface area contributed by atoms with Crippen LogP contribution in [-0.2, 0) is 9.59 Å². The number of amides is 4. The first-order valence-corrected chi connectivity index (χ1v) is 11.1. The third-order valence-electron chi connectivity index (χ3n) is 6.01. The van der Waals surface area contributed by atoms with E-state index in [4.69, 9.17) is 0 Å². The number of carbonyl (C=O) groups is 3. The van der Waals surface area contributed by atoms with Crippen LogP contribution in [-0.4, -0.2) is 54.5 Å². The number of unbranched alkanes of at least 4 members (excludes halogenated alkanes) is 3. The van der Waals surface area contributed by atoms with Gasteiger partial charge in [-0.25, -0.2) is 4.79 Å². The first kappa shape index (κ1) is 22.7. The van der Waals surface area contributed by atoms with Crippen molar-refractivity contribution in [3.63, 3.8) is 0 Å². The fraction of sp³-hybridized carbons (Fsp3) is 0.857.